The van der Waals surface area contributed by atoms with Crippen molar-refractivity contribution in [3.63, 3.8) is 0 Å². The molecule has 19 heavy (non-hydrogen) atoms. The van der Waals surface area contributed by atoms with Gasteiger partial charge in [0.15, 0.2) is 0 Å². The highest BCUT2D eigenvalue weighted by Gasteiger charge is 2.14. The van der Waals surface area contributed by atoms with Crippen LogP contribution in [0.4, 0.5) is 11.4 Å². The number of primary amides is 1. The lowest BCUT2D eigenvalue weighted by Gasteiger charge is -2.06. The van der Waals surface area contributed by atoms with Crippen molar-refractivity contribution in [2.45, 2.75) is 12.8 Å². The average Bonchev–Trinajstić information content (AvgIpc) is 2.34. The molecule has 1 aromatic carbocycles. The van der Waals surface area contributed by atoms with Crippen molar-refractivity contribution in [2.24, 2.45) is 5.73 Å². The summed E-state index contributed by atoms with van der Waals surface area (Å²) in [7, 11) is 0. The number of nitro groups is 1. The summed E-state index contributed by atoms with van der Waals surface area (Å²) >= 11 is 0. The summed E-state index contributed by atoms with van der Waals surface area (Å²) in [6.07, 6.45) is 0.556. The highest BCUT2D eigenvalue weighted by molar-refractivity contribution is 5.99. The Morgan fingerprint density at radius 2 is 2.05 bits per heavy atom. The van der Waals surface area contributed by atoms with E-state index in [1.54, 1.807) is 0 Å². The molecule has 0 saturated carbocycles. The van der Waals surface area contributed by atoms with Crippen LogP contribution in [0.3, 0.4) is 0 Å². The first kappa shape index (κ1) is 14.4. The number of nitro benzene ring substituents is 1. The second kappa shape index (κ2) is 6.34. The van der Waals surface area contributed by atoms with Crippen LogP contribution in [-0.4, -0.2) is 23.3 Å². The third-order valence-electron chi connectivity index (χ3n) is 2.38. The molecule has 102 valence electrons. The average molecular weight is 266 g/mol. The smallest absolute Gasteiger partial charge is 0.270 e. The number of anilines is 1. The molecule has 1 rings (SSSR count). The molecule has 0 heterocycles. The predicted octanol–water partition coefficient (Wildman–Crippen LogP) is 0.172. The molecule has 8 nitrogen and oxygen atoms in total. The molecule has 5 N–H and O–H groups in total. The number of rotatable bonds is 6. The maximum atomic E-state index is 11.8. The normalized spacial score (nSPS) is 9.89. The van der Waals surface area contributed by atoms with Gasteiger partial charge in [-0.3, -0.25) is 19.7 Å². The summed E-state index contributed by atoms with van der Waals surface area (Å²) in [5.74, 6) is -0.977. The molecule has 0 aliphatic rings. The Morgan fingerprint density at radius 3 is 2.63 bits per heavy atom. The Bertz CT molecular complexity index is 515. The molecule has 2 amide bonds. The van der Waals surface area contributed by atoms with Crippen LogP contribution >= 0.6 is 0 Å². The van der Waals surface area contributed by atoms with Crippen LogP contribution in [0.2, 0.25) is 0 Å². The first-order valence-electron chi connectivity index (χ1n) is 5.52. The number of carbonyl (C=O) groups is 2. The van der Waals surface area contributed by atoms with Gasteiger partial charge in [-0.05, 0) is 12.5 Å². The highest BCUT2D eigenvalue weighted by atomic mass is 16.6. The maximum Gasteiger partial charge on any atom is 0.270 e. The Balaban J connectivity index is 2.68. The fourth-order valence-electron chi connectivity index (χ4n) is 1.41. The topological polar surface area (TPSA) is 141 Å². The van der Waals surface area contributed by atoms with Gasteiger partial charge in [-0.1, -0.05) is 0 Å². The van der Waals surface area contributed by atoms with Gasteiger partial charge in [0.2, 0.25) is 5.91 Å². The van der Waals surface area contributed by atoms with E-state index in [2.05, 4.69) is 5.32 Å². The van der Waals surface area contributed by atoms with E-state index in [4.69, 9.17) is 11.5 Å². The zero-order chi connectivity index (χ0) is 14.4. The largest absolute Gasteiger partial charge is 0.398 e. The monoisotopic (exact) mass is 266 g/mol. The summed E-state index contributed by atoms with van der Waals surface area (Å²) in [5, 5.41) is 13.1. The van der Waals surface area contributed by atoms with Crippen molar-refractivity contribution >= 4 is 23.2 Å². The number of carbonyl (C=O) groups excluding carboxylic acids is 2. The summed E-state index contributed by atoms with van der Waals surface area (Å²) < 4.78 is 0. The second-order valence-corrected chi connectivity index (χ2v) is 3.85. The van der Waals surface area contributed by atoms with Gasteiger partial charge in [-0.25, -0.2) is 0 Å². The minimum Gasteiger partial charge on any atom is -0.398 e. The highest BCUT2D eigenvalue weighted by Crippen LogP contribution is 2.19. The Labute approximate surface area is 108 Å². The number of nitrogen functional groups attached to an aromatic ring is 1. The van der Waals surface area contributed by atoms with E-state index in [-0.39, 0.29) is 29.9 Å². The van der Waals surface area contributed by atoms with Gasteiger partial charge < -0.3 is 16.8 Å². The quantitative estimate of drug-likeness (QED) is 0.291. The Hall–Kier alpha value is -2.64. The molecule has 8 heteroatoms. The van der Waals surface area contributed by atoms with Gasteiger partial charge in [0, 0.05) is 30.8 Å². The first-order valence-corrected chi connectivity index (χ1v) is 5.52. The van der Waals surface area contributed by atoms with Crippen LogP contribution in [0.25, 0.3) is 0 Å². The third kappa shape index (κ3) is 4.26. The van der Waals surface area contributed by atoms with E-state index >= 15 is 0 Å². The van der Waals surface area contributed by atoms with Gasteiger partial charge in [0.05, 0.1) is 10.5 Å². The molecule has 0 aliphatic heterocycles. The van der Waals surface area contributed by atoms with Crippen molar-refractivity contribution in [1.29, 1.82) is 0 Å². The molecule has 0 aromatic heterocycles. The van der Waals surface area contributed by atoms with E-state index < -0.39 is 16.7 Å². The van der Waals surface area contributed by atoms with Crippen LogP contribution in [-0.2, 0) is 4.79 Å². The molecule has 0 spiro atoms. The molecule has 1 aromatic rings. The summed E-state index contributed by atoms with van der Waals surface area (Å²) in [6, 6.07) is 3.63. The number of nitrogens with zero attached hydrogens (tertiary/aromatic N) is 1. The maximum absolute atomic E-state index is 11.8. The number of benzene rings is 1. The van der Waals surface area contributed by atoms with E-state index in [1.807, 2.05) is 0 Å². The van der Waals surface area contributed by atoms with Crippen LogP contribution in [0.15, 0.2) is 18.2 Å². The van der Waals surface area contributed by atoms with Gasteiger partial charge in [-0.2, -0.15) is 0 Å². The fourth-order valence-corrected chi connectivity index (χ4v) is 1.41. The van der Waals surface area contributed by atoms with Crippen LogP contribution in [0.5, 0.6) is 0 Å². The molecule has 0 unspecified atom stereocenters. The number of non-ortho nitro benzene ring substituents is 1. The van der Waals surface area contributed by atoms with Crippen LogP contribution in [0.1, 0.15) is 23.2 Å². The van der Waals surface area contributed by atoms with Crippen molar-refractivity contribution in [3.05, 3.63) is 33.9 Å². The van der Waals surface area contributed by atoms with Gasteiger partial charge in [-0.15, -0.1) is 0 Å². The summed E-state index contributed by atoms with van der Waals surface area (Å²) in [6.45, 7) is 0.240. The lowest BCUT2D eigenvalue weighted by atomic mass is 10.1. The molecule has 0 radical (unpaired) electrons. The van der Waals surface area contributed by atoms with Gasteiger partial charge >= 0.3 is 0 Å². The molecule has 0 atom stereocenters. The van der Waals surface area contributed by atoms with Crippen LogP contribution < -0.4 is 16.8 Å². The molecule has 0 saturated heterocycles. The van der Waals surface area contributed by atoms with Crippen LogP contribution in [0, 0.1) is 10.1 Å². The molecular formula is C11H14N4O4. The lowest BCUT2D eigenvalue weighted by molar-refractivity contribution is -0.384. The molecule has 0 fully saturated rings. The minimum atomic E-state index is -0.608. The number of nitrogens with two attached hydrogens (primary N) is 2. The van der Waals surface area contributed by atoms with Crippen molar-refractivity contribution < 1.29 is 14.5 Å². The van der Waals surface area contributed by atoms with E-state index in [1.165, 1.54) is 12.1 Å². The Morgan fingerprint density at radius 1 is 1.37 bits per heavy atom. The summed E-state index contributed by atoms with van der Waals surface area (Å²) in [4.78, 5) is 32.3. The van der Waals surface area contributed by atoms with Gasteiger partial charge in [0.25, 0.3) is 11.6 Å². The molecular weight excluding hydrogens is 252 g/mol. The third-order valence-corrected chi connectivity index (χ3v) is 2.38. The van der Waals surface area contributed by atoms with Crippen molar-refractivity contribution in [1.82, 2.24) is 5.32 Å². The first-order chi connectivity index (χ1) is 8.91. The predicted molar refractivity (Wildman–Crippen MR) is 68.3 cm³/mol. The van der Waals surface area contributed by atoms with E-state index in [0.717, 1.165) is 6.07 Å². The number of nitrogens with one attached hydrogen (secondary N) is 1. The van der Waals surface area contributed by atoms with Gasteiger partial charge in [0.1, 0.15) is 0 Å². The SMILES string of the molecule is NC(=O)CCCNC(=O)c1cc([N+](=O)[O-])ccc1N. The lowest BCUT2D eigenvalue weighted by Crippen LogP contribution is -2.26. The zero-order valence-electron chi connectivity index (χ0n) is 10.1. The second-order valence-electron chi connectivity index (χ2n) is 3.85. The standard InChI is InChI=1S/C11H14N4O4/c12-9-4-3-7(15(18)19)6-8(9)11(17)14-5-1-2-10(13)16/h3-4,6H,1-2,5,12H2,(H2,13,16)(H,14,17). The van der Waals surface area contributed by atoms with E-state index in [9.17, 15) is 19.7 Å². The fraction of sp³-hybridized carbons (Fsp3) is 0.273. The van der Waals surface area contributed by atoms with E-state index in [0.29, 0.717) is 6.42 Å². The number of amides is 2. The number of hydrogen-bond acceptors (Lipinski definition) is 5. The Kier molecular flexibility index (Phi) is 4.81. The van der Waals surface area contributed by atoms with Crippen molar-refractivity contribution in [3.8, 4) is 0 Å². The zero-order valence-corrected chi connectivity index (χ0v) is 10.1. The molecule has 0 aliphatic carbocycles. The number of hydrogen-bond donors (Lipinski definition) is 3. The summed E-state index contributed by atoms with van der Waals surface area (Å²) in [5.41, 5.74) is 10.5. The minimum absolute atomic E-state index is 0.0354. The molecule has 0 bridgehead atoms. The van der Waals surface area contributed by atoms with Crippen molar-refractivity contribution in [2.75, 3.05) is 12.3 Å².